The molecule has 0 aromatic heterocycles. The fraction of sp³-hybridized carbons (Fsp3) is 1.00. The first-order valence-corrected chi connectivity index (χ1v) is 6.51. The molecule has 5 nitrogen and oxygen atoms in total. The van der Waals surface area contributed by atoms with E-state index in [9.17, 15) is 0 Å². The lowest BCUT2D eigenvalue weighted by molar-refractivity contribution is -0.0156. The van der Waals surface area contributed by atoms with E-state index >= 15 is 0 Å². The Labute approximate surface area is 93.8 Å². The molecule has 92 valence electrons. The van der Waals surface area contributed by atoms with Crippen LogP contribution in [0, 0.1) is 0 Å². The summed E-state index contributed by atoms with van der Waals surface area (Å²) in [5.74, 6) is 0. The van der Waals surface area contributed by atoms with Gasteiger partial charge in [0.15, 0.2) is 0 Å². The van der Waals surface area contributed by atoms with Crippen LogP contribution in [0.4, 0.5) is 0 Å². The summed E-state index contributed by atoms with van der Waals surface area (Å²) in [6, 6.07) is 0. The topological polar surface area (TPSA) is 62.9 Å². The number of unbranched alkanes of at least 4 members (excludes halogenated alkanes) is 1. The molecule has 6 heteroatoms. The first-order chi connectivity index (χ1) is 6.99. The number of ether oxygens (including phenoxy) is 1. The first kappa shape index (κ1) is 15.0. The predicted octanol–water partition coefficient (Wildman–Crippen LogP) is 0.505. The van der Waals surface area contributed by atoms with Crippen molar-refractivity contribution < 1.29 is 18.0 Å². The molecule has 0 unspecified atom stereocenters. The van der Waals surface area contributed by atoms with Crippen LogP contribution in [0.1, 0.15) is 26.7 Å². The van der Waals surface area contributed by atoms with Gasteiger partial charge in [-0.2, -0.15) is 0 Å². The second-order valence-electron chi connectivity index (χ2n) is 3.79. The third-order valence-corrected chi connectivity index (χ3v) is 2.93. The normalized spacial score (nSPS) is 12.4. The molecule has 0 aliphatic heterocycles. The van der Waals surface area contributed by atoms with Crippen molar-refractivity contribution in [3.05, 3.63) is 0 Å². The highest BCUT2D eigenvalue weighted by molar-refractivity contribution is 6.36. The molecule has 0 bridgehead atoms. The van der Waals surface area contributed by atoms with Gasteiger partial charge in [0.1, 0.15) is 5.72 Å². The van der Waals surface area contributed by atoms with Crippen LogP contribution in [-0.4, -0.2) is 42.7 Å². The molecule has 0 aromatic rings. The largest absolute Gasteiger partial charge is 0.483 e. The zero-order valence-electron chi connectivity index (χ0n) is 10.1. The summed E-state index contributed by atoms with van der Waals surface area (Å²) in [7, 11) is 1.35. The van der Waals surface area contributed by atoms with Gasteiger partial charge >= 0.3 is 9.53 Å². The standard InChI is InChI=1S/C9H23NO4Si/c1-9(2,10)13-7-5-6-8-14-15(11-3)12-4/h15H,5-8,10H2,1-4H3. The Morgan fingerprint density at radius 1 is 1.07 bits per heavy atom. The van der Waals surface area contributed by atoms with Gasteiger partial charge < -0.3 is 23.7 Å². The van der Waals surface area contributed by atoms with E-state index in [1.807, 2.05) is 13.8 Å². The molecule has 0 fully saturated rings. The molecule has 15 heavy (non-hydrogen) atoms. The maximum atomic E-state index is 5.65. The maximum absolute atomic E-state index is 5.65. The van der Waals surface area contributed by atoms with Gasteiger partial charge in [0.2, 0.25) is 0 Å². The minimum atomic E-state index is -1.84. The Morgan fingerprint density at radius 2 is 1.60 bits per heavy atom. The number of rotatable bonds is 9. The van der Waals surface area contributed by atoms with E-state index in [2.05, 4.69) is 0 Å². The van der Waals surface area contributed by atoms with Crippen LogP contribution < -0.4 is 5.73 Å². The molecule has 0 saturated heterocycles. The summed E-state index contributed by atoms with van der Waals surface area (Å²) in [4.78, 5) is 0. The van der Waals surface area contributed by atoms with Gasteiger partial charge in [-0.15, -0.1) is 0 Å². The van der Waals surface area contributed by atoms with Crippen LogP contribution in [0.25, 0.3) is 0 Å². The van der Waals surface area contributed by atoms with E-state index in [0.717, 1.165) is 12.8 Å². The van der Waals surface area contributed by atoms with E-state index in [4.69, 9.17) is 23.7 Å². The molecular weight excluding hydrogens is 214 g/mol. The maximum Gasteiger partial charge on any atom is 0.483 e. The van der Waals surface area contributed by atoms with E-state index in [1.165, 1.54) is 0 Å². The average molecular weight is 237 g/mol. The highest BCUT2D eigenvalue weighted by Crippen LogP contribution is 2.02. The summed E-state index contributed by atoms with van der Waals surface area (Å²) < 4.78 is 20.7. The van der Waals surface area contributed by atoms with Crippen LogP contribution in [0.3, 0.4) is 0 Å². The lowest BCUT2D eigenvalue weighted by Gasteiger charge is -2.19. The van der Waals surface area contributed by atoms with E-state index < -0.39 is 15.3 Å². The summed E-state index contributed by atoms with van der Waals surface area (Å²) in [6.45, 7) is 4.97. The molecule has 0 saturated carbocycles. The molecule has 0 rings (SSSR count). The SMILES string of the molecule is CO[SiH](OC)OCCCCOC(C)(C)N. The van der Waals surface area contributed by atoms with Crippen molar-refractivity contribution >= 4 is 9.53 Å². The molecule has 0 heterocycles. The Bertz CT molecular complexity index is 148. The summed E-state index contributed by atoms with van der Waals surface area (Å²) in [6.07, 6.45) is 1.85. The van der Waals surface area contributed by atoms with Crippen LogP contribution in [0.5, 0.6) is 0 Å². The average Bonchev–Trinajstić information content (AvgIpc) is 2.15. The van der Waals surface area contributed by atoms with Crippen molar-refractivity contribution in [1.82, 2.24) is 0 Å². The monoisotopic (exact) mass is 237 g/mol. The van der Waals surface area contributed by atoms with Crippen molar-refractivity contribution in [2.75, 3.05) is 27.4 Å². The van der Waals surface area contributed by atoms with E-state index in [1.54, 1.807) is 14.2 Å². The van der Waals surface area contributed by atoms with Crippen LogP contribution >= 0.6 is 0 Å². The van der Waals surface area contributed by atoms with Gasteiger partial charge in [-0.1, -0.05) is 0 Å². The Kier molecular flexibility index (Phi) is 8.21. The quantitative estimate of drug-likeness (QED) is 0.359. The molecule has 0 aliphatic carbocycles. The van der Waals surface area contributed by atoms with Crippen molar-refractivity contribution in [1.29, 1.82) is 0 Å². The molecule has 0 aliphatic rings. The van der Waals surface area contributed by atoms with Gasteiger partial charge in [0.25, 0.3) is 0 Å². The van der Waals surface area contributed by atoms with Crippen LogP contribution in [0.15, 0.2) is 0 Å². The highest BCUT2D eigenvalue weighted by atomic mass is 28.3. The van der Waals surface area contributed by atoms with Crippen LogP contribution in [-0.2, 0) is 18.0 Å². The molecule has 0 aromatic carbocycles. The second kappa shape index (κ2) is 8.20. The fourth-order valence-electron chi connectivity index (χ4n) is 0.951. The zero-order valence-corrected chi connectivity index (χ0v) is 11.3. The predicted molar refractivity (Wildman–Crippen MR) is 60.6 cm³/mol. The fourth-order valence-corrected chi connectivity index (χ4v) is 1.77. The summed E-state index contributed by atoms with van der Waals surface area (Å²) in [5, 5.41) is 0. The zero-order chi connectivity index (χ0) is 11.7. The minimum Gasteiger partial charge on any atom is -0.379 e. The minimum absolute atomic E-state index is 0.544. The van der Waals surface area contributed by atoms with Gasteiger partial charge in [-0.25, -0.2) is 0 Å². The number of hydrogen-bond donors (Lipinski definition) is 1. The van der Waals surface area contributed by atoms with Crippen molar-refractivity contribution in [2.24, 2.45) is 5.73 Å². The lowest BCUT2D eigenvalue weighted by atomic mass is 10.3. The van der Waals surface area contributed by atoms with Crippen molar-refractivity contribution in [3.8, 4) is 0 Å². The third-order valence-electron chi connectivity index (χ3n) is 1.65. The molecule has 0 amide bonds. The number of nitrogens with two attached hydrogens (primary N) is 1. The van der Waals surface area contributed by atoms with Gasteiger partial charge in [-0.3, -0.25) is 0 Å². The van der Waals surface area contributed by atoms with Crippen molar-refractivity contribution in [2.45, 2.75) is 32.4 Å². The Balaban J connectivity index is 3.25. The Hall–Kier alpha value is 0.0169. The molecule has 0 atom stereocenters. The van der Waals surface area contributed by atoms with Crippen LogP contribution in [0.2, 0.25) is 0 Å². The molecule has 0 spiro atoms. The van der Waals surface area contributed by atoms with Gasteiger partial charge in [-0.05, 0) is 26.7 Å². The van der Waals surface area contributed by atoms with E-state index in [-0.39, 0.29) is 0 Å². The van der Waals surface area contributed by atoms with Gasteiger partial charge in [0.05, 0.1) is 0 Å². The smallest absolute Gasteiger partial charge is 0.379 e. The summed E-state index contributed by atoms with van der Waals surface area (Å²) >= 11 is 0. The van der Waals surface area contributed by atoms with Gasteiger partial charge in [0, 0.05) is 27.4 Å². The molecule has 2 N–H and O–H groups in total. The molecule has 0 radical (unpaired) electrons. The van der Waals surface area contributed by atoms with E-state index in [0.29, 0.717) is 13.2 Å². The molecular formula is C9H23NO4Si. The number of hydrogen-bond acceptors (Lipinski definition) is 5. The lowest BCUT2D eigenvalue weighted by Crippen LogP contribution is -2.35. The first-order valence-electron chi connectivity index (χ1n) is 5.09. The highest BCUT2D eigenvalue weighted by Gasteiger charge is 2.11. The Morgan fingerprint density at radius 3 is 2.07 bits per heavy atom. The third kappa shape index (κ3) is 10.3. The second-order valence-corrected chi connectivity index (χ2v) is 5.64. The van der Waals surface area contributed by atoms with Crippen molar-refractivity contribution in [3.63, 3.8) is 0 Å². The summed E-state index contributed by atoms with van der Waals surface area (Å²) in [5.41, 5.74) is 5.11.